The minimum absolute atomic E-state index is 0.0550. The van der Waals surface area contributed by atoms with Crippen molar-refractivity contribution in [2.75, 3.05) is 6.61 Å². The molecule has 0 saturated carbocycles. The van der Waals surface area contributed by atoms with E-state index >= 15 is 0 Å². The number of benzene rings is 1. The van der Waals surface area contributed by atoms with Gasteiger partial charge in [0.05, 0.1) is 6.61 Å². The first-order valence-electron chi connectivity index (χ1n) is 3.92. The average Bonchev–Trinajstić information content (AvgIpc) is 2.04. The standard InChI is InChI=1S/C9H11BrFNO/c1-6(5-13-12)9-7(10)3-2-4-8(9)11/h2-4,6H,5,12H2,1H3. The van der Waals surface area contributed by atoms with E-state index in [0.717, 1.165) is 4.47 Å². The predicted octanol–water partition coefficient (Wildman–Crippen LogP) is 2.58. The van der Waals surface area contributed by atoms with Crippen LogP contribution in [0, 0.1) is 5.82 Å². The lowest BCUT2D eigenvalue weighted by Crippen LogP contribution is -2.10. The second kappa shape index (κ2) is 4.69. The summed E-state index contributed by atoms with van der Waals surface area (Å²) in [4.78, 5) is 4.48. The summed E-state index contributed by atoms with van der Waals surface area (Å²) in [5.74, 6) is 4.64. The molecule has 72 valence electrons. The second-order valence-corrected chi connectivity index (χ2v) is 3.72. The van der Waals surface area contributed by atoms with E-state index in [-0.39, 0.29) is 11.7 Å². The van der Waals surface area contributed by atoms with Crippen LogP contribution in [0.3, 0.4) is 0 Å². The molecule has 0 bridgehead atoms. The molecule has 0 heterocycles. The van der Waals surface area contributed by atoms with Crippen molar-refractivity contribution in [3.05, 3.63) is 34.1 Å². The van der Waals surface area contributed by atoms with Crippen LogP contribution in [0.1, 0.15) is 18.4 Å². The van der Waals surface area contributed by atoms with Crippen molar-refractivity contribution in [1.82, 2.24) is 0 Å². The summed E-state index contributed by atoms with van der Waals surface area (Å²) in [5, 5.41) is 0. The van der Waals surface area contributed by atoms with Crippen LogP contribution in [-0.4, -0.2) is 6.61 Å². The Morgan fingerprint density at radius 2 is 2.31 bits per heavy atom. The lowest BCUT2D eigenvalue weighted by atomic mass is 10.0. The average molecular weight is 248 g/mol. The summed E-state index contributed by atoms with van der Waals surface area (Å²) in [6.07, 6.45) is 0. The molecule has 1 rings (SSSR count). The molecule has 0 fully saturated rings. The summed E-state index contributed by atoms with van der Waals surface area (Å²) in [6.45, 7) is 2.16. The van der Waals surface area contributed by atoms with Crippen molar-refractivity contribution in [2.45, 2.75) is 12.8 Å². The highest BCUT2D eigenvalue weighted by molar-refractivity contribution is 9.10. The Labute approximate surface area is 85.0 Å². The van der Waals surface area contributed by atoms with Gasteiger partial charge in [-0.25, -0.2) is 10.3 Å². The van der Waals surface area contributed by atoms with Crippen molar-refractivity contribution < 1.29 is 9.23 Å². The second-order valence-electron chi connectivity index (χ2n) is 2.87. The predicted molar refractivity (Wildman–Crippen MR) is 52.7 cm³/mol. The first kappa shape index (κ1) is 10.6. The summed E-state index contributed by atoms with van der Waals surface area (Å²) in [5.41, 5.74) is 0.605. The quantitative estimate of drug-likeness (QED) is 0.834. The van der Waals surface area contributed by atoms with Gasteiger partial charge in [-0.2, -0.15) is 0 Å². The molecular weight excluding hydrogens is 237 g/mol. The summed E-state index contributed by atoms with van der Waals surface area (Å²) < 4.78 is 14.0. The highest BCUT2D eigenvalue weighted by Crippen LogP contribution is 2.27. The van der Waals surface area contributed by atoms with Gasteiger partial charge in [0.2, 0.25) is 0 Å². The summed E-state index contributed by atoms with van der Waals surface area (Å²) in [6, 6.07) is 4.87. The highest BCUT2D eigenvalue weighted by Gasteiger charge is 2.13. The molecule has 0 aromatic heterocycles. The van der Waals surface area contributed by atoms with Crippen molar-refractivity contribution in [1.29, 1.82) is 0 Å². The van der Waals surface area contributed by atoms with Gasteiger partial charge in [-0.1, -0.05) is 28.9 Å². The van der Waals surface area contributed by atoms with Crippen LogP contribution >= 0.6 is 15.9 Å². The Morgan fingerprint density at radius 3 is 2.85 bits per heavy atom. The summed E-state index contributed by atoms with van der Waals surface area (Å²) >= 11 is 3.28. The molecule has 0 saturated heterocycles. The zero-order valence-electron chi connectivity index (χ0n) is 7.26. The van der Waals surface area contributed by atoms with Gasteiger partial charge in [0.25, 0.3) is 0 Å². The third-order valence-corrected chi connectivity index (χ3v) is 2.53. The Morgan fingerprint density at radius 1 is 1.62 bits per heavy atom. The number of hydrogen-bond donors (Lipinski definition) is 1. The molecule has 1 atom stereocenters. The maximum atomic E-state index is 13.3. The highest BCUT2D eigenvalue weighted by atomic mass is 79.9. The lowest BCUT2D eigenvalue weighted by molar-refractivity contribution is 0.125. The first-order chi connectivity index (χ1) is 6.16. The molecule has 1 aromatic rings. The molecule has 2 nitrogen and oxygen atoms in total. The molecule has 4 heteroatoms. The molecule has 0 aliphatic heterocycles. The normalized spacial score (nSPS) is 12.9. The molecule has 1 unspecified atom stereocenters. The Hall–Kier alpha value is -0.450. The minimum Gasteiger partial charge on any atom is -0.304 e. The molecule has 0 radical (unpaired) electrons. The largest absolute Gasteiger partial charge is 0.304 e. The Kier molecular flexibility index (Phi) is 3.84. The first-order valence-corrected chi connectivity index (χ1v) is 4.71. The van der Waals surface area contributed by atoms with E-state index in [4.69, 9.17) is 5.90 Å². The topological polar surface area (TPSA) is 35.2 Å². The zero-order valence-corrected chi connectivity index (χ0v) is 8.84. The van der Waals surface area contributed by atoms with Crippen molar-refractivity contribution in [3.8, 4) is 0 Å². The Bertz CT molecular complexity index is 273. The van der Waals surface area contributed by atoms with Gasteiger partial charge in [0.1, 0.15) is 5.82 Å². The SMILES string of the molecule is CC(CON)c1c(F)cccc1Br. The molecule has 0 aliphatic rings. The van der Waals surface area contributed by atoms with Crippen LogP contribution in [0.25, 0.3) is 0 Å². The van der Waals surface area contributed by atoms with Crippen molar-refractivity contribution in [3.63, 3.8) is 0 Å². The van der Waals surface area contributed by atoms with Gasteiger partial charge in [0.15, 0.2) is 0 Å². The van der Waals surface area contributed by atoms with Crippen LogP contribution in [-0.2, 0) is 4.84 Å². The molecule has 13 heavy (non-hydrogen) atoms. The molecule has 0 amide bonds. The lowest BCUT2D eigenvalue weighted by Gasteiger charge is -2.12. The van der Waals surface area contributed by atoms with E-state index in [9.17, 15) is 4.39 Å². The van der Waals surface area contributed by atoms with E-state index in [1.807, 2.05) is 6.92 Å². The molecule has 2 N–H and O–H groups in total. The molecule has 0 spiro atoms. The van der Waals surface area contributed by atoms with Crippen LogP contribution in [0.2, 0.25) is 0 Å². The van der Waals surface area contributed by atoms with E-state index in [0.29, 0.717) is 12.2 Å². The number of nitrogens with two attached hydrogens (primary N) is 1. The van der Waals surface area contributed by atoms with E-state index in [2.05, 4.69) is 20.8 Å². The van der Waals surface area contributed by atoms with Crippen LogP contribution in [0.5, 0.6) is 0 Å². The molecular formula is C9H11BrFNO. The van der Waals surface area contributed by atoms with Gasteiger partial charge >= 0.3 is 0 Å². The van der Waals surface area contributed by atoms with Gasteiger partial charge in [0, 0.05) is 16.0 Å². The smallest absolute Gasteiger partial charge is 0.127 e. The molecule has 0 aliphatic carbocycles. The fourth-order valence-electron chi connectivity index (χ4n) is 1.21. The van der Waals surface area contributed by atoms with Crippen molar-refractivity contribution in [2.24, 2.45) is 5.90 Å². The fraction of sp³-hybridized carbons (Fsp3) is 0.333. The van der Waals surface area contributed by atoms with E-state index < -0.39 is 0 Å². The fourth-order valence-corrected chi connectivity index (χ4v) is 1.94. The van der Waals surface area contributed by atoms with E-state index in [1.165, 1.54) is 6.07 Å². The zero-order chi connectivity index (χ0) is 9.84. The van der Waals surface area contributed by atoms with Gasteiger partial charge < -0.3 is 4.84 Å². The van der Waals surface area contributed by atoms with Crippen molar-refractivity contribution >= 4 is 15.9 Å². The maximum Gasteiger partial charge on any atom is 0.127 e. The van der Waals surface area contributed by atoms with Crippen LogP contribution in [0.4, 0.5) is 4.39 Å². The minimum atomic E-state index is -0.237. The van der Waals surface area contributed by atoms with Gasteiger partial charge in [-0.05, 0) is 12.1 Å². The number of halogens is 2. The monoisotopic (exact) mass is 247 g/mol. The van der Waals surface area contributed by atoms with Gasteiger partial charge in [-0.15, -0.1) is 0 Å². The number of hydrogen-bond acceptors (Lipinski definition) is 2. The number of rotatable bonds is 3. The van der Waals surface area contributed by atoms with Crippen LogP contribution in [0.15, 0.2) is 22.7 Å². The maximum absolute atomic E-state index is 13.3. The third kappa shape index (κ3) is 2.49. The van der Waals surface area contributed by atoms with E-state index in [1.54, 1.807) is 12.1 Å². The van der Waals surface area contributed by atoms with Crippen LogP contribution < -0.4 is 5.90 Å². The Balaban J connectivity index is 2.98. The summed E-state index contributed by atoms with van der Waals surface area (Å²) in [7, 11) is 0. The van der Waals surface area contributed by atoms with Gasteiger partial charge in [-0.3, -0.25) is 0 Å². The third-order valence-electron chi connectivity index (χ3n) is 1.84. The molecule has 1 aromatic carbocycles.